The third-order valence-electron chi connectivity index (χ3n) is 5.09. The molecule has 5 nitrogen and oxygen atoms in total. The lowest BCUT2D eigenvalue weighted by Crippen LogP contribution is -2.34. The minimum atomic E-state index is -0.0499. The Morgan fingerprint density at radius 3 is 2.75 bits per heavy atom. The molecular formula is C19H23N3O2. The molecule has 2 aromatic rings. The van der Waals surface area contributed by atoms with E-state index in [0.29, 0.717) is 18.3 Å². The van der Waals surface area contributed by atoms with Crippen molar-refractivity contribution in [3.8, 4) is 0 Å². The van der Waals surface area contributed by atoms with Gasteiger partial charge < -0.3 is 10.1 Å². The van der Waals surface area contributed by atoms with Crippen molar-refractivity contribution in [1.82, 2.24) is 15.1 Å². The average Bonchev–Trinajstić information content (AvgIpc) is 3.21. The molecular weight excluding hydrogens is 302 g/mol. The van der Waals surface area contributed by atoms with Crippen molar-refractivity contribution < 1.29 is 9.53 Å². The molecule has 1 saturated heterocycles. The number of amides is 1. The van der Waals surface area contributed by atoms with Crippen molar-refractivity contribution in [2.24, 2.45) is 0 Å². The van der Waals surface area contributed by atoms with E-state index in [1.165, 1.54) is 12.0 Å². The number of ether oxygens (including phenoxy) is 1. The molecule has 0 spiro atoms. The molecule has 1 N–H and O–H groups in total. The summed E-state index contributed by atoms with van der Waals surface area (Å²) in [4.78, 5) is 12.5. The smallest absolute Gasteiger partial charge is 0.269 e. The first kappa shape index (κ1) is 15.4. The van der Waals surface area contributed by atoms with E-state index >= 15 is 0 Å². The maximum absolute atomic E-state index is 12.5. The number of carbonyl (C=O) groups is 1. The van der Waals surface area contributed by atoms with Crippen LogP contribution in [-0.2, 0) is 4.74 Å². The van der Waals surface area contributed by atoms with E-state index in [9.17, 15) is 4.79 Å². The fraction of sp³-hybridized carbons (Fsp3) is 0.474. The maximum atomic E-state index is 12.5. The van der Waals surface area contributed by atoms with Gasteiger partial charge in [-0.1, -0.05) is 30.3 Å². The third-order valence-corrected chi connectivity index (χ3v) is 5.09. The summed E-state index contributed by atoms with van der Waals surface area (Å²) in [6.45, 7) is 0.554. The summed E-state index contributed by atoms with van der Waals surface area (Å²) in [7, 11) is 0. The van der Waals surface area contributed by atoms with Crippen molar-refractivity contribution in [3.63, 3.8) is 0 Å². The quantitative estimate of drug-likeness (QED) is 0.918. The van der Waals surface area contributed by atoms with Crippen molar-refractivity contribution in [2.75, 3.05) is 6.54 Å². The Balaban J connectivity index is 1.31. The highest BCUT2D eigenvalue weighted by Crippen LogP contribution is 2.33. The third kappa shape index (κ3) is 3.08. The highest BCUT2D eigenvalue weighted by molar-refractivity contribution is 5.92. The van der Waals surface area contributed by atoms with E-state index in [1.54, 1.807) is 12.3 Å². The van der Waals surface area contributed by atoms with Gasteiger partial charge in [-0.2, -0.15) is 5.10 Å². The van der Waals surface area contributed by atoms with Gasteiger partial charge in [-0.15, -0.1) is 0 Å². The number of hydrogen-bond donors (Lipinski definition) is 1. The van der Waals surface area contributed by atoms with Gasteiger partial charge in [0, 0.05) is 12.7 Å². The summed E-state index contributed by atoms with van der Waals surface area (Å²) < 4.78 is 7.96. The number of nitrogens with zero attached hydrogens (tertiary/aromatic N) is 2. The second kappa shape index (κ2) is 6.77. The second-order valence-electron chi connectivity index (χ2n) is 6.69. The van der Waals surface area contributed by atoms with Crippen molar-refractivity contribution in [1.29, 1.82) is 0 Å². The predicted octanol–water partition coefficient (Wildman–Crippen LogP) is 3.26. The zero-order chi connectivity index (χ0) is 16.4. The van der Waals surface area contributed by atoms with E-state index in [0.717, 1.165) is 25.7 Å². The maximum Gasteiger partial charge on any atom is 0.269 e. The first-order valence-electron chi connectivity index (χ1n) is 8.83. The lowest BCUT2D eigenvalue weighted by atomic mass is 9.93. The van der Waals surface area contributed by atoms with Crippen LogP contribution in [0.4, 0.5) is 0 Å². The van der Waals surface area contributed by atoms with E-state index in [-0.39, 0.29) is 18.1 Å². The average molecular weight is 325 g/mol. The Morgan fingerprint density at radius 2 is 2.00 bits per heavy atom. The van der Waals surface area contributed by atoms with Crippen LogP contribution in [0, 0.1) is 0 Å². The molecule has 5 heteroatoms. The lowest BCUT2D eigenvalue weighted by Gasteiger charge is -2.27. The minimum Gasteiger partial charge on any atom is -0.368 e. The molecule has 2 atom stereocenters. The van der Waals surface area contributed by atoms with Gasteiger partial charge in [0.15, 0.2) is 0 Å². The summed E-state index contributed by atoms with van der Waals surface area (Å²) in [5.74, 6) is -0.0499. The summed E-state index contributed by atoms with van der Waals surface area (Å²) in [6.07, 6.45) is 7.38. The highest BCUT2D eigenvalue weighted by Gasteiger charge is 2.28. The van der Waals surface area contributed by atoms with E-state index < -0.39 is 0 Å². The molecule has 2 fully saturated rings. The molecule has 1 aromatic carbocycles. The molecule has 1 amide bonds. The summed E-state index contributed by atoms with van der Waals surface area (Å²) in [6, 6.07) is 12.5. The summed E-state index contributed by atoms with van der Waals surface area (Å²) in [5.41, 5.74) is 1.88. The number of benzene rings is 1. The van der Waals surface area contributed by atoms with Crippen molar-refractivity contribution in [2.45, 2.75) is 50.4 Å². The van der Waals surface area contributed by atoms with Gasteiger partial charge in [-0.3, -0.25) is 9.48 Å². The van der Waals surface area contributed by atoms with Gasteiger partial charge in [0.25, 0.3) is 5.91 Å². The first-order valence-corrected chi connectivity index (χ1v) is 8.83. The molecule has 0 radical (unpaired) electrons. The van der Waals surface area contributed by atoms with Crippen LogP contribution in [0.15, 0.2) is 42.6 Å². The monoisotopic (exact) mass is 325 g/mol. The predicted molar refractivity (Wildman–Crippen MR) is 90.7 cm³/mol. The van der Waals surface area contributed by atoms with Gasteiger partial charge in [-0.05, 0) is 43.7 Å². The molecule has 1 saturated carbocycles. The molecule has 0 bridgehead atoms. The van der Waals surface area contributed by atoms with Gasteiger partial charge in [0.1, 0.15) is 5.69 Å². The molecule has 4 rings (SSSR count). The number of nitrogens with one attached hydrogen (secondary N) is 1. The topological polar surface area (TPSA) is 56.1 Å². The second-order valence-corrected chi connectivity index (χ2v) is 6.69. The number of carbonyl (C=O) groups excluding carboxylic acids is 1. The van der Waals surface area contributed by atoms with E-state index in [1.807, 2.05) is 22.9 Å². The van der Waals surface area contributed by atoms with Gasteiger partial charge in [-0.25, -0.2) is 0 Å². The van der Waals surface area contributed by atoms with Crippen LogP contribution in [0.3, 0.4) is 0 Å². The van der Waals surface area contributed by atoms with Crippen LogP contribution in [0.1, 0.15) is 60.3 Å². The molecule has 24 heavy (non-hydrogen) atoms. The van der Waals surface area contributed by atoms with Crippen molar-refractivity contribution >= 4 is 5.91 Å². The van der Waals surface area contributed by atoms with Gasteiger partial charge in [0.2, 0.25) is 0 Å². The molecule has 2 aliphatic rings. The molecule has 1 aromatic heterocycles. The SMILES string of the molecule is O=C(NC[C@H]1CC[C@H](c2ccccc2)O1)c1ccnn1C1CCC1. The Morgan fingerprint density at radius 1 is 1.17 bits per heavy atom. The Hall–Kier alpha value is -2.14. The van der Waals surface area contributed by atoms with Gasteiger partial charge >= 0.3 is 0 Å². The Kier molecular flexibility index (Phi) is 4.34. The molecule has 0 unspecified atom stereocenters. The van der Waals surface area contributed by atoms with Crippen LogP contribution >= 0.6 is 0 Å². The number of rotatable bonds is 5. The zero-order valence-corrected chi connectivity index (χ0v) is 13.7. The molecule has 126 valence electrons. The standard InChI is InChI=1S/C19H23N3O2/c23-19(17-11-12-21-22(17)15-7-4-8-15)20-13-16-9-10-18(24-16)14-5-2-1-3-6-14/h1-3,5-6,11-12,15-16,18H,4,7-10,13H2,(H,20,23)/t16-,18-/m1/s1. The van der Waals surface area contributed by atoms with Crippen LogP contribution in [0.25, 0.3) is 0 Å². The lowest BCUT2D eigenvalue weighted by molar-refractivity contribution is 0.0434. The summed E-state index contributed by atoms with van der Waals surface area (Å²) >= 11 is 0. The van der Waals surface area contributed by atoms with Crippen molar-refractivity contribution in [3.05, 3.63) is 53.9 Å². The molecule has 2 heterocycles. The summed E-state index contributed by atoms with van der Waals surface area (Å²) in [5, 5.41) is 7.33. The van der Waals surface area contributed by atoms with Crippen LogP contribution < -0.4 is 5.32 Å². The van der Waals surface area contributed by atoms with Crippen LogP contribution in [0.5, 0.6) is 0 Å². The van der Waals surface area contributed by atoms with Gasteiger partial charge in [0.05, 0.1) is 18.2 Å². The van der Waals surface area contributed by atoms with Crippen LogP contribution in [-0.4, -0.2) is 28.3 Å². The van der Waals surface area contributed by atoms with E-state index in [4.69, 9.17) is 4.74 Å². The highest BCUT2D eigenvalue weighted by atomic mass is 16.5. The molecule has 1 aliphatic heterocycles. The largest absolute Gasteiger partial charge is 0.368 e. The number of hydrogen-bond acceptors (Lipinski definition) is 3. The number of aromatic nitrogens is 2. The normalized spacial score (nSPS) is 23.8. The zero-order valence-electron chi connectivity index (χ0n) is 13.7. The minimum absolute atomic E-state index is 0.0499. The first-order chi connectivity index (χ1) is 11.8. The Labute approximate surface area is 142 Å². The fourth-order valence-electron chi connectivity index (χ4n) is 3.48. The fourth-order valence-corrected chi connectivity index (χ4v) is 3.48. The molecule has 1 aliphatic carbocycles. The Bertz CT molecular complexity index is 694. The van der Waals surface area contributed by atoms with Crippen LogP contribution in [0.2, 0.25) is 0 Å². The van der Waals surface area contributed by atoms with E-state index in [2.05, 4.69) is 22.5 Å².